The highest BCUT2D eigenvalue weighted by Gasteiger charge is 2.06. The molecule has 0 aliphatic carbocycles. The first kappa shape index (κ1) is 18.9. The topological polar surface area (TPSA) is 65.2 Å². The average Bonchev–Trinajstić information content (AvgIpc) is 2.51. The maximum absolute atomic E-state index is 9.79. The fourth-order valence-corrected chi connectivity index (χ4v) is 2.83. The number of halogens is 4. The van der Waals surface area contributed by atoms with E-state index >= 15 is 0 Å². The molecule has 0 heterocycles. The Morgan fingerprint density at radius 1 is 0.708 bits per heavy atom. The third kappa shape index (κ3) is 5.02. The zero-order valence-electron chi connectivity index (χ0n) is 12.2. The Kier molecular flexibility index (Phi) is 6.75. The van der Waals surface area contributed by atoms with Crippen molar-refractivity contribution in [2.75, 3.05) is 13.1 Å². The Balaban J connectivity index is 1.96. The van der Waals surface area contributed by atoms with Crippen LogP contribution < -0.4 is 0 Å². The smallest absolute Gasteiger partial charge is 0.143 e. The lowest BCUT2D eigenvalue weighted by molar-refractivity contribution is 0.474. The molecule has 0 aliphatic heterocycles. The van der Waals surface area contributed by atoms with Gasteiger partial charge >= 0.3 is 0 Å². The lowest BCUT2D eigenvalue weighted by atomic mass is 10.2. The van der Waals surface area contributed by atoms with Crippen LogP contribution in [0.1, 0.15) is 11.1 Å². The molecule has 4 nitrogen and oxygen atoms in total. The van der Waals surface area contributed by atoms with Crippen molar-refractivity contribution in [2.45, 2.75) is 0 Å². The van der Waals surface area contributed by atoms with Gasteiger partial charge in [-0.15, -0.1) is 0 Å². The van der Waals surface area contributed by atoms with Crippen molar-refractivity contribution in [3.05, 3.63) is 55.5 Å². The van der Waals surface area contributed by atoms with E-state index in [9.17, 15) is 10.2 Å². The minimum Gasteiger partial charge on any atom is -0.506 e. The van der Waals surface area contributed by atoms with Crippen LogP contribution >= 0.6 is 46.4 Å². The first-order valence-corrected chi connectivity index (χ1v) is 8.25. The van der Waals surface area contributed by atoms with Crippen molar-refractivity contribution in [3.8, 4) is 11.5 Å². The summed E-state index contributed by atoms with van der Waals surface area (Å²) in [7, 11) is 0. The molecular formula is C16H12Cl4N2O2. The number of aromatic hydroxyl groups is 2. The van der Waals surface area contributed by atoms with Crippen LogP contribution in [-0.4, -0.2) is 35.7 Å². The molecule has 0 saturated carbocycles. The molecule has 0 bridgehead atoms. The third-order valence-corrected chi connectivity index (χ3v) is 3.95. The molecule has 0 aromatic heterocycles. The van der Waals surface area contributed by atoms with Crippen molar-refractivity contribution in [1.82, 2.24) is 0 Å². The number of hydrogen-bond acceptors (Lipinski definition) is 4. The lowest BCUT2D eigenvalue weighted by Crippen LogP contribution is -1.92. The van der Waals surface area contributed by atoms with E-state index in [2.05, 4.69) is 9.98 Å². The van der Waals surface area contributed by atoms with Gasteiger partial charge < -0.3 is 10.2 Å². The summed E-state index contributed by atoms with van der Waals surface area (Å²) in [6, 6.07) is 6.01. The summed E-state index contributed by atoms with van der Waals surface area (Å²) in [6.07, 6.45) is 2.94. The maximum atomic E-state index is 9.79. The molecule has 2 rings (SSSR count). The normalized spacial score (nSPS) is 11.7. The van der Waals surface area contributed by atoms with E-state index in [1.807, 2.05) is 0 Å². The monoisotopic (exact) mass is 404 g/mol. The van der Waals surface area contributed by atoms with Gasteiger partial charge in [-0.25, -0.2) is 0 Å². The zero-order valence-corrected chi connectivity index (χ0v) is 15.2. The van der Waals surface area contributed by atoms with Gasteiger partial charge in [0.05, 0.1) is 23.1 Å². The summed E-state index contributed by atoms with van der Waals surface area (Å²) >= 11 is 23.4. The first-order chi connectivity index (χ1) is 11.4. The number of aliphatic imine (C=N–C) groups is 2. The number of benzene rings is 2. The van der Waals surface area contributed by atoms with Crippen molar-refractivity contribution in [3.63, 3.8) is 0 Å². The molecule has 126 valence electrons. The number of hydrogen-bond donors (Lipinski definition) is 2. The first-order valence-electron chi connectivity index (χ1n) is 6.74. The number of phenols is 2. The highest BCUT2D eigenvalue weighted by Crippen LogP contribution is 2.30. The Hall–Kier alpha value is -1.46. The van der Waals surface area contributed by atoms with Crippen LogP contribution in [0.4, 0.5) is 0 Å². The molecule has 2 N–H and O–H groups in total. The number of nitrogens with zero attached hydrogens (tertiary/aromatic N) is 2. The molecule has 0 amide bonds. The van der Waals surface area contributed by atoms with Crippen LogP contribution in [0.15, 0.2) is 34.3 Å². The molecule has 2 aromatic carbocycles. The van der Waals surface area contributed by atoms with Gasteiger partial charge in [0.25, 0.3) is 0 Å². The number of rotatable bonds is 5. The Morgan fingerprint density at radius 2 is 1.08 bits per heavy atom. The Labute approximate surface area is 159 Å². The minimum atomic E-state index is -0.0770. The van der Waals surface area contributed by atoms with Crippen molar-refractivity contribution in [1.29, 1.82) is 0 Å². The van der Waals surface area contributed by atoms with E-state index in [1.165, 1.54) is 24.6 Å². The number of phenolic OH excluding ortho intramolecular Hbond substituents is 2. The van der Waals surface area contributed by atoms with Gasteiger partial charge in [-0.2, -0.15) is 0 Å². The fraction of sp³-hybridized carbons (Fsp3) is 0.125. The summed E-state index contributed by atoms with van der Waals surface area (Å²) in [5, 5.41) is 20.7. The summed E-state index contributed by atoms with van der Waals surface area (Å²) < 4.78 is 0. The van der Waals surface area contributed by atoms with Gasteiger partial charge in [0.2, 0.25) is 0 Å². The minimum absolute atomic E-state index is 0.0770. The van der Waals surface area contributed by atoms with Crippen LogP contribution in [0.2, 0.25) is 20.1 Å². The molecule has 0 unspecified atom stereocenters. The molecule has 0 saturated heterocycles. The quantitative estimate of drug-likeness (QED) is 0.527. The molecule has 2 aromatic rings. The Morgan fingerprint density at radius 3 is 1.46 bits per heavy atom. The van der Waals surface area contributed by atoms with Crippen LogP contribution in [0.5, 0.6) is 11.5 Å². The van der Waals surface area contributed by atoms with Gasteiger partial charge in [0.1, 0.15) is 11.5 Å². The second kappa shape index (κ2) is 8.58. The zero-order chi connectivity index (χ0) is 17.7. The molecule has 0 radical (unpaired) electrons. The van der Waals surface area contributed by atoms with E-state index in [0.717, 1.165) is 0 Å². The van der Waals surface area contributed by atoms with E-state index in [4.69, 9.17) is 46.4 Å². The molecular weight excluding hydrogens is 394 g/mol. The second-order valence-electron chi connectivity index (χ2n) is 4.72. The van der Waals surface area contributed by atoms with Crippen molar-refractivity contribution >= 4 is 58.8 Å². The SMILES string of the molecule is Oc1c(Cl)cc(Cl)cc1C=NCCN=Cc1cc(Cl)cc(Cl)c1O. The van der Waals surface area contributed by atoms with Crippen LogP contribution in [-0.2, 0) is 0 Å². The van der Waals surface area contributed by atoms with Crippen molar-refractivity contribution < 1.29 is 10.2 Å². The molecule has 0 spiro atoms. The Bertz CT molecular complexity index is 740. The average molecular weight is 406 g/mol. The molecule has 0 aliphatic rings. The summed E-state index contributed by atoms with van der Waals surface area (Å²) in [5.74, 6) is -0.154. The van der Waals surface area contributed by atoms with Gasteiger partial charge in [-0.05, 0) is 24.3 Å². The predicted octanol–water partition coefficient (Wildman–Crippen LogP) is 5.25. The van der Waals surface area contributed by atoms with E-state index in [-0.39, 0.29) is 21.5 Å². The van der Waals surface area contributed by atoms with Crippen molar-refractivity contribution in [2.24, 2.45) is 9.98 Å². The van der Waals surface area contributed by atoms with Crippen LogP contribution in [0, 0.1) is 0 Å². The summed E-state index contributed by atoms with van der Waals surface area (Å²) in [6.45, 7) is 0.740. The maximum Gasteiger partial charge on any atom is 0.143 e. The van der Waals surface area contributed by atoms with Gasteiger partial charge in [-0.3, -0.25) is 9.98 Å². The fourth-order valence-electron chi connectivity index (χ4n) is 1.81. The summed E-state index contributed by atoms with van der Waals surface area (Å²) in [4.78, 5) is 8.29. The molecule has 0 atom stereocenters. The summed E-state index contributed by atoms with van der Waals surface area (Å²) in [5.41, 5.74) is 0.853. The second-order valence-corrected chi connectivity index (χ2v) is 6.41. The largest absolute Gasteiger partial charge is 0.506 e. The van der Waals surface area contributed by atoms with Crippen LogP contribution in [0.25, 0.3) is 0 Å². The predicted molar refractivity (Wildman–Crippen MR) is 101 cm³/mol. The van der Waals surface area contributed by atoms with Gasteiger partial charge in [0, 0.05) is 33.6 Å². The standard InChI is InChI=1S/C16H12Cl4N2O2/c17-11-3-9(15(23)13(19)5-11)7-21-1-2-22-8-10-4-12(18)6-14(20)16(10)24/h3-8,23-24H,1-2H2. The van der Waals surface area contributed by atoms with E-state index < -0.39 is 0 Å². The van der Waals surface area contributed by atoms with Gasteiger partial charge in [0.15, 0.2) is 0 Å². The van der Waals surface area contributed by atoms with E-state index in [1.54, 1.807) is 12.1 Å². The highest BCUT2D eigenvalue weighted by atomic mass is 35.5. The third-order valence-electron chi connectivity index (χ3n) is 2.93. The molecule has 8 heteroatoms. The van der Waals surface area contributed by atoms with E-state index in [0.29, 0.717) is 34.3 Å². The lowest BCUT2D eigenvalue weighted by Gasteiger charge is -2.02. The molecule has 0 fully saturated rings. The van der Waals surface area contributed by atoms with Crippen LogP contribution in [0.3, 0.4) is 0 Å². The highest BCUT2D eigenvalue weighted by molar-refractivity contribution is 6.36. The van der Waals surface area contributed by atoms with Gasteiger partial charge in [-0.1, -0.05) is 46.4 Å². The molecule has 24 heavy (non-hydrogen) atoms.